The van der Waals surface area contributed by atoms with E-state index in [-0.39, 0.29) is 5.91 Å². The van der Waals surface area contributed by atoms with E-state index in [9.17, 15) is 4.79 Å². The van der Waals surface area contributed by atoms with E-state index in [0.29, 0.717) is 28.3 Å². The van der Waals surface area contributed by atoms with Crippen LogP contribution in [0.25, 0.3) is 22.4 Å². The van der Waals surface area contributed by atoms with Crippen molar-refractivity contribution in [3.63, 3.8) is 0 Å². The molecule has 0 bridgehead atoms. The highest BCUT2D eigenvalue weighted by Crippen LogP contribution is 2.34. The molecule has 1 amide bonds. The number of hydrogen-bond donors (Lipinski definition) is 1. The number of furan rings is 1. The maximum Gasteiger partial charge on any atom is 0.247 e. The Labute approximate surface area is 155 Å². The van der Waals surface area contributed by atoms with Crippen molar-refractivity contribution in [2.75, 3.05) is 5.32 Å². The molecular weight excluding hydrogens is 340 g/mol. The number of pyridine rings is 1. The Morgan fingerprint density at radius 3 is 2.74 bits per heavy atom. The van der Waals surface area contributed by atoms with E-state index in [1.54, 1.807) is 36.5 Å². The molecule has 0 saturated heterocycles. The second-order valence-corrected chi connectivity index (χ2v) is 5.82. The molecule has 0 fully saturated rings. The zero-order valence-corrected chi connectivity index (χ0v) is 14.4. The first-order valence-corrected chi connectivity index (χ1v) is 8.38. The van der Waals surface area contributed by atoms with Gasteiger partial charge in [-0.05, 0) is 18.2 Å². The monoisotopic (exact) mass is 356 g/mol. The smallest absolute Gasteiger partial charge is 0.247 e. The summed E-state index contributed by atoms with van der Waals surface area (Å²) in [6, 6.07) is 20.6. The number of amides is 1. The number of nitrogens with zero attached hydrogens (tertiary/aromatic N) is 1. The van der Waals surface area contributed by atoms with Gasteiger partial charge in [-0.1, -0.05) is 43.0 Å². The molecule has 0 spiro atoms. The molecule has 0 radical (unpaired) electrons. The number of ether oxygens (including phenoxy) is 1. The highest BCUT2D eigenvalue weighted by atomic mass is 16.5. The van der Waals surface area contributed by atoms with Gasteiger partial charge in [-0.25, -0.2) is 0 Å². The zero-order chi connectivity index (χ0) is 18.6. The predicted octanol–water partition coefficient (Wildman–Crippen LogP) is 5.41. The minimum absolute atomic E-state index is 0.281. The lowest BCUT2D eigenvalue weighted by atomic mass is 10.2. The van der Waals surface area contributed by atoms with Crippen LogP contribution in [0, 0.1) is 0 Å². The average molecular weight is 356 g/mol. The Hall–Kier alpha value is -3.86. The molecule has 2 aromatic carbocycles. The van der Waals surface area contributed by atoms with Gasteiger partial charge in [0.2, 0.25) is 5.91 Å². The summed E-state index contributed by atoms with van der Waals surface area (Å²) in [6.07, 6.45) is 2.89. The van der Waals surface area contributed by atoms with Crippen LogP contribution in [-0.2, 0) is 4.79 Å². The second kappa shape index (κ2) is 7.17. The summed E-state index contributed by atoms with van der Waals surface area (Å²) in [7, 11) is 0. The summed E-state index contributed by atoms with van der Waals surface area (Å²) in [5, 5.41) is 2.71. The van der Waals surface area contributed by atoms with Crippen LogP contribution in [0.2, 0.25) is 0 Å². The van der Waals surface area contributed by atoms with E-state index in [4.69, 9.17) is 9.15 Å². The topological polar surface area (TPSA) is 64.4 Å². The lowest BCUT2D eigenvalue weighted by Crippen LogP contribution is -2.06. The number of aromatic nitrogens is 1. The Morgan fingerprint density at radius 2 is 1.93 bits per heavy atom. The van der Waals surface area contributed by atoms with Gasteiger partial charge in [-0.15, -0.1) is 0 Å². The summed E-state index contributed by atoms with van der Waals surface area (Å²) in [6.45, 7) is 3.45. The molecule has 0 unspecified atom stereocenters. The minimum atomic E-state index is -0.281. The van der Waals surface area contributed by atoms with E-state index >= 15 is 0 Å². The van der Waals surface area contributed by atoms with Gasteiger partial charge in [0, 0.05) is 35.6 Å². The molecule has 4 rings (SSSR count). The molecule has 1 N–H and O–H groups in total. The van der Waals surface area contributed by atoms with Gasteiger partial charge in [0.1, 0.15) is 17.0 Å². The molecule has 0 aliphatic rings. The number of rotatable bonds is 5. The van der Waals surface area contributed by atoms with E-state index in [0.717, 1.165) is 11.3 Å². The first-order valence-electron chi connectivity index (χ1n) is 8.38. The third-order valence-corrected chi connectivity index (χ3v) is 3.95. The fourth-order valence-electron chi connectivity index (χ4n) is 2.70. The summed E-state index contributed by atoms with van der Waals surface area (Å²) in [5.41, 5.74) is 2.86. The molecular formula is C22H16N2O3. The number of anilines is 1. The van der Waals surface area contributed by atoms with Gasteiger partial charge in [-0.2, -0.15) is 0 Å². The van der Waals surface area contributed by atoms with Crippen LogP contribution in [0.4, 0.5) is 5.69 Å². The van der Waals surface area contributed by atoms with Gasteiger partial charge in [-0.3, -0.25) is 9.78 Å². The molecule has 5 heteroatoms. The third-order valence-electron chi connectivity index (χ3n) is 3.95. The first kappa shape index (κ1) is 16.6. The highest BCUT2D eigenvalue weighted by molar-refractivity contribution is 5.99. The normalized spacial score (nSPS) is 10.5. The molecule has 2 heterocycles. The van der Waals surface area contributed by atoms with Crippen molar-refractivity contribution in [3.05, 3.63) is 85.6 Å². The maximum atomic E-state index is 11.5. The molecule has 0 atom stereocenters. The van der Waals surface area contributed by atoms with Gasteiger partial charge < -0.3 is 14.5 Å². The van der Waals surface area contributed by atoms with E-state index in [2.05, 4.69) is 16.9 Å². The van der Waals surface area contributed by atoms with Crippen LogP contribution in [0.3, 0.4) is 0 Å². The van der Waals surface area contributed by atoms with Crippen molar-refractivity contribution in [3.8, 4) is 22.8 Å². The summed E-state index contributed by atoms with van der Waals surface area (Å²) in [4.78, 5) is 15.8. The van der Waals surface area contributed by atoms with Gasteiger partial charge >= 0.3 is 0 Å². The molecule has 132 valence electrons. The number of hydrogen-bond acceptors (Lipinski definition) is 4. The lowest BCUT2D eigenvalue weighted by Gasteiger charge is -2.08. The first-order chi connectivity index (χ1) is 13.2. The van der Waals surface area contributed by atoms with Crippen LogP contribution < -0.4 is 10.1 Å². The molecule has 27 heavy (non-hydrogen) atoms. The lowest BCUT2D eigenvalue weighted by molar-refractivity contribution is -0.111. The molecule has 5 nitrogen and oxygen atoms in total. The zero-order valence-electron chi connectivity index (χ0n) is 14.4. The molecule has 0 saturated carbocycles. The van der Waals surface area contributed by atoms with Gasteiger partial charge in [0.05, 0.1) is 0 Å². The van der Waals surface area contributed by atoms with Crippen LogP contribution in [0.15, 0.2) is 90.0 Å². The third kappa shape index (κ3) is 3.57. The van der Waals surface area contributed by atoms with E-state index in [1.807, 2.05) is 36.4 Å². The fraction of sp³-hybridized carbons (Fsp3) is 0. The van der Waals surface area contributed by atoms with Crippen molar-refractivity contribution >= 4 is 22.7 Å². The number of carbonyl (C=O) groups is 1. The quantitative estimate of drug-likeness (QED) is 0.486. The minimum Gasteiger partial charge on any atom is -0.453 e. The van der Waals surface area contributed by atoms with E-state index < -0.39 is 0 Å². The Morgan fingerprint density at radius 1 is 1.07 bits per heavy atom. The predicted molar refractivity (Wildman–Crippen MR) is 105 cm³/mol. The molecule has 2 aromatic heterocycles. The van der Waals surface area contributed by atoms with E-state index in [1.165, 1.54) is 6.08 Å². The summed E-state index contributed by atoms with van der Waals surface area (Å²) in [5.74, 6) is 1.56. The summed E-state index contributed by atoms with van der Waals surface area (Å²) < 4.78 is 12.0. The highest BCUT2D eigenvalue weighted by Gasteiger charge is 2.12. The van der Waals surface area contributed by atoms with Gasteiger partial charge in [0.15, 0.2) is 11.3 Å². The number of benzene rings is 2. The number of carbonyl (C=O) groups excluding carboxylic acids is 1. The SMILES string of the molecule is C=CC(=O)Nc1cccc(Oc2ccnc3cc(-c4ccccc4)oc23)c1. The van der Waals surface area contributed by atoms with Crippen LogP contribution in [0.1, 0.15) is 0 Å². The maximum absolute atomic E-state index is 11.5. The van der Waals surface area contributed by atoms with Crippen LogP contribution in [-0.4, -0.2) is 10.9 Å². The van der Waals surface area contributed by atoms with Crippen molar-refractivity contribution in [2.45, 2.75) is 0 Å². The van der Waals surface area contributed by atoms with Gasteiger partial charge in [0.25, 0.3) is 0 Å². The Bertz CT molecular complexity index is 1120. The molecule has 0 aliphatic carbocycles. The van der Waals surface area contributed by atoms with Crippen molar-refractivity contribution in [2.24, 2.45) is 0 Å². The number of nitrogens with one attached hydrogen (secondary N) is 1. The largest absolute Gasteiger partial charge is 0.453 e. The Balaban J connectivity index is 1.66. The summed E-state index contributed by atoms with van der Waals surface area (Å²) >= 11 is 0. The molecule has 0 aliphatic heterocycles. The van der Waals surface area contributed by atoms with Crippen molar-refractivity contribution in [1.82, 2.24) is 4.98 Å². The molecule has 4 aromatic rings. The average Bonchev–Trinajstić information content (AvgIpc) is 3.14. The van der Waals surface area contributed by atoms with Crippen LogP contribution >= 0.6 is 0 Å². The van der Waals surface area contributed by atoms with Crippen molar-refractivity contribution in [1.29, 1.82) is 0 Å². The van der Waals surface area contributed by atoms with Crippen LogP contribution in [0.5, 0.6) is 11.5 Å². The fourth-order valence-corrected chi connectivity index (χ4v) is 2.70. The second-order valence-electron chi connectivity index (χ2n) is 5.82. The standard InChI is InChI=1S/C22H16N2O3/c1-2-21(25)24-16-9-6-10-17(13-16)26-19-11-12-23-18-14-20(27-22(18)19)15-7-4-3-5-8-15/h2-14H,1H2,(H,24,25). The number of fused-ring (bicyclic) bond motifs is 1. The Kier molecular flexibility index (Phi) is 4.41. The van der Waals surface area contributed by atoms with Crippen molar-refractivity contribution < 1.29 is 13.9 Å².